The van der Waals surface area contributed by atoms with Crippen molar-refractivity contribution in [3.05, 3.63) is 82.4 Å². The van der Waals surface area contributed by atoms with Gasteiger partial charge in [-0.05, 0) is 42.9 Å². The molecule has 2 aromatic carbocycles. The number of nitro benzene ring substituents is 1. The molecule has 0 N–H and O–H groups in total. The largest absolute Gasteiger partial charge is 0.342 e. The SMILES string of the molecule is O=C(CSc1ccc(-c2cccc([N+](=O)[O-])c2)nn1)N1CCC(Cc2ccccc2)CC1. The van der Waals surface area contributed by atoms with Crippen molar-refractivity contribution >= 4 is 23.4 Å². The third-order valence-electron chi connectivity index (χ3n) is 5.67. The zero-order chi connectivity index (χ0) is 22.3. The summed E-state index contributed by atoms with van der Waals surface area (Å²) < 4.78 is 0. The average Bonchev–Trinajstić information content (AvgIpc) is 2.84. The number of aromatic nitrogens is 2. The highest BCUT2D eigenvalue weighted by molar-refractivity contribution is 7.99. The molecule has 32 heavy (non-hydrogen) atoms. The number of carbonyl (C=O) groups is 1. The van der Waals surface area contributed by atoms with Crippen molar-refractivity contribution in [2.75, 3.05) is 18.8 Å². The van der Waals surface area contributed by atoms with Crippen LogP contribution in [0.5, 0.6) is 0 Å². The fourth-order valence-electron chi connectivity index (χ4n) is 3.89. The zero-order valence-corrected chi connectivity index (χ0v) is 18.4. The molecule has 3 aromatic rings. The number of thioether (sulfide) groups is 1. The number of nitro groups is 1. The fourth-order valence-corrected chi connectivity index (χ4v) is 4.61. The smallest absolute Gasteiger partial charge is 0.270 e. The van der Waals surface area contributed by atoms with Crippen LogP contribution in [0.2, 0.25) is 0 Å². The lowest BCUT2D eigenvalue weighted by molar-refractivity contribution is -0.384. The zero-order valence-electron chi connectivity index (χ0n) is 17.6. The van der Waals surface area contributed by atoms with Gasteiger partial charge in [0.25, 0.3) is 5.69 Å². The Hall–Kier alpha value is -3.26. The molecule has 1 aliphatic heterocycles. The summed E-state index contributed by atoms with van der Waals surface area (Å²) in [6.07, 6.45) is 3.14. The standard InChI is InChI=1S/C24H24N4O3S/c29-24(27-13-11-19(12-14-27)15-18-5-2-1-3-6-18)17-32-23-10-9-22(25-26-23)20-7-4-8-21(16-20)28(30)31/h1-10,16,19H,11-15,17H2. The Labute approximate surface area is 191 Å². The summed E-state index contributed by atoms with van der Waals surface area (Å²) in [5.74, 6) is 1.08. The maximum absolute atomic E-state index is 12.6. The molecule has 1 fully saturated rings. The van der Waals surface area contributed by atoms with Crippen molar-refractivity contribution in [1.82, 2.24) is 15.1 Å². The lowest BCUT2D eigenvalue weighted by atomic mass is 9.90. The molecule has 0 aliphatic carbocycles. The number of piperidine rings is 1. The third kappa shape index (κ3) is 5.70. The lowest BCUT2D eigenvalue weighted by Crippen LogP contribution is -2.39. The Bertz CT molecular complexity index is 1070. The van der Waals surface area contributed by atoms with Gasteiger partial charge in [0.05, 0.1) is 16.4 Å². The third-order valence-corrected chi connectivity index (χ3v) is 6.58. The molecule has 8 heteroatoms. The van der Waals surface area contributed by atoms with E-state index >= 15 is 0 Å². The van der Waals surface area contributed by atoms with Gasteiger partial charge in [-0.2, -0.15) is 0 Å². The second-order valence-electron chi connectivity index (χ2n) is 7.87. The van der Waals surface area contributed by atoms with E-state index in [0.717, 1.165) is 32.4 Å². The minimum atomic E-state index is -0.433. The van der Waals surface area contributed by atoms with E-state index in [1.165, 1.54) is 29.5 Å². The van der Waals surface area contributed by atoms with E-state index in [-0.39, 0.29) is 11.6 Å². The van der Waals surface area contributed by atoms with Crippen LogP contribution in [-0.2, 0) is 11.2 Å². The lowest BCUT2D eigenvalue weighted by Gasteiger charge is -2.32. The maximum Gasteiger partial charge on any atom is 0.270 e. The molecule has 7 nitrogen and oxygen atoms in total. The predicted molar refractivity (Wildman–Crippen MR) is 124 cm³/mol. The van der Waals surface area contributed by atoms with Crippen molar-refractivity contribution in [1.29, 1.82) is 0 Å². The van der Waals surface area contributed by atoms with E-state index in [4.69, 9.17) is 0 Å². The van der Waals surface area contributed by atoms with Gasteiger partial charge in [-0.3, -0.25) is 14.9 Å². The highest BCUT2D eigenvalue weighted by Crippen LogP contribution is 2.25. The van der Waals surface area contributed by atoms with E-state index in [9.17, 15) is 14.9 Å². The van der Waals surface area contributed by atoms with E-state index in [1.54, 1.807) is 24.3 Å². The maximum atomic E-state index is 12.6. The molecule has 0 bridgehead atoms. The van der Waals surface area contributed by atoms with Crippen LogP contribution in [-0.4, -0.2) is 44.8 Å². The fraction of sp³-hybridized carbons (Fsp3) is 0.292. The minimum Gasteiger partial charge on any atom is -0.342 e. The van der Waals surface area contributed by atoms with Crippen molar-refractivity contribution < 1.29 is 9.72 Å². The molecule has 164 valence electrons. The van der Waals surface area contributed by atoms with Crippen LogP contribution in [0, 0.1) is 16.0 Å². The first-order valence-corrected chi connectivity index (χ1v) is 11.6. The Morgan fingerprint density at radius 3 is 2.50 bits per heavy atom. The summed E-state index contributed by atoms with van der Waals surface area (Å²) >= 11 is 1.36. The number of amides is 1. The molecule has 1 aliphatic rings. The number of benzene rings is 2. The number of non-ortho nitro benzene ring substituents is 1. The molecule has 0 unspecified atom stereocenters. The molecule has 1 saturated heterocycles. The Morgan fingerprint density at radius 1 is 1.03 bits per heavy atom. The number of hydrogen-bond acceptors (Lipinski definition) is 6. The van der Waals surface area contributed by atoms with Crippen LogP contribution in [0.15, 0.2) is 71.8 Å². The van der Waals surface area contributed by atoms with Crippen molar-refractivity contribution in [2.45, 2.75) is 24.3 Å². The summed E-state index contributed by atoms with van der Waals surface area (Å²) in [6.45, 7) is 1.60. The predicted octanol–water partition coefficient (Wildman–Crippen LogP) is 4.63. The number of nitrogens with zero attached hydrogens (tertiary/aromatic N) is 4. The molecular formula is C24H24N4O3S. The summed E-state index contributed by atoms with van der Waals surface area (Å²) in [5, 5.41) is 20.0. The Balaban J connectivity index is 1.25. The van der Waals surface area contributed by atoms with E-state index < -0.39 is 4.92 Å². The highest BCUT2D eigenvalue weighted by Gasteiger charge is 2.23. The van der Waals surface area contributed by atoms with E-state index in [2.05, 4.69) is 34.5 Å². The van der Waals surface area contributed by atoms with Crippen LogP contribution < -0.4 is 0 Å². The molecule has 0 radical (unpaired) electrons. The van der Waals surface area contributed by atoms with Crippen LogP contribution >= 0.6 is 11.8 Å². The van der Waals surface area contributed by atoms with Gasteiger partial charge >= 0.3 is 0 Å². The topological polar surface area (TPSA) is 89.2 Å². The van der Waals surface area contributed by atoms with Gasteiger partial charge < -0.3 is 4.90 Å². The molecule has 0 spiro atoms. The first-order chi connectivity index (χ1) is 15.6. The molecular weight excluding hydrogens is 424 g/mol. The monoisotopic (exact) mass is 448 g/mol. The Kier molecular flexibility index (Phi) is 7.11. The van der Waals surface area contributed by atoms with Crippen molar-refractivity contribution in [3.8, 4) is 11.3 Å². The normalized spacial score (nSPS) is 14.3. The minimum absolute atomic E-state index is 0.0147. The van der Waals surface area contributed by atoms with Crippen LogP contribution in [0.4, 0.5) is 5.69 Å². The van der Waals surface area contributed by atoms with Crippen LogP contribution in [0.3, 0.4) is 0 Å². The van der Waals surface area contributed by atoms with Gasteiger partial charge in [0, 0.05) is 30.8 Å². The number of carbonyl (C=O) groups excluding carboxylic acids is 1. The van der Waals surface area contributed by atoms with Gasteiger partial charge in [-0.1, -0.05) is 54.2 Å². The molecule has 1 amide bonds. The van der Waals surface area contributed by atoms with Gasteiger partial charge in [-0.25, -0.2) is 0 Å². The Morgan fingerprint density at radius 2 is 1.81 bits per heavy atom. The highest BCUT2D eigenvalue weighted by atomic mass is 32.2. The van der Waals surface area contributed by atoms with Crippen molar-refractivity contribution in [3.63, 3.8) is 0 Å². The summed E-state index contributed by atoms with van der Waals surface area (Å²) in [6, 6.07) is 20.4. The second kappa shape index (κ2) is 10.4. The number of likely N-dealkylation sites (tertiary alicyclic amines) is 1. The molecule has 0 atom stereocenters. The summed E-state index contributed by atoms with van der Waals surface area (Å²) in [4.78, 5) is 25.1. The van der Waals surface area contributed by atoms with Gasteiger partial charge in [0.1, 0.15) is 5.03 Å². The quantitative estimate of drug-likeness (QED) is 0.298. The van der Waals surface area contributed by atoms with E-state index in [1.807, 2.05) is 11.0 Å². The second-order valence-corrected chi connectivity index (χ2v) is 8.86. The molecule has 4 rings (SSSR count). The molecule has 0 saturated carbocycles. The average molecular weight is 449 g/mol. The number of hydrogen-bond donors (Lipinski definition) is 0. The van der Waals surface area contributed by atoms with Gasteiger partial charge in [0.15, 0.2) is 0 Å². The van der Waals surface area contributed by atoms with Gasteiger partial charge in [0.2, 0.25) is 5.91 Å². The number of rotatable bonds is 7. The van der Waals surface area contributed by atoms with Gasteiger partial charge in [-0.15, -0.1) is 10.2 Å². The summed E-state index contributed by atoms with van der Waals surface area (Å²) in [5.41, 5.74) is 2.57. The van der Waals surface area contributed by atoms with Crippen LogP contribution in [0.1, 0.15) is 18.4 Å². The first kappa shape index (κ1) is 22.0. The summed E-state index contributed by atoms with van der Waals surface area (Å²) in [7, 11) is 0. The molecule has 1 aromatic heterocycles. The van der Waals surface area contributed by atoms with Crippen molar-refractivity contribution in [2.24, 2.45) is 5.92 Å². The van der Waals surface area contributed by atoms with Crippen LogP contribution in [0.25, 0.3) is 11.3 Å². The first-order valence-electron chi connectivity index (χ1n) is 10.6. The molecule has 2 heterocycles. The van der Waals surface area contributed by atoms with E-state index in [0.29, 0.717) is 28.0 Å².